The topological polar surface area (TPSA) is 72.6 Å². The molecule has 0 aliphatic carbocycles. The van der Waals surface area contributed by atoms with Crippen LogP contribution in [0.2, 0.25) is 0 Å². The van der Waals surface area contributed by atoms with Crippen molar-refractivity contribution < 1.29 is 13.2 Å². The molecule has 1 aromatic rings. The van der Waals surface area contributed by atoms with Gasteiger partial charge in [0.1, 0.15) is 5.75 Å². The van der Waals surface area contributed by atoms with E-state index in [9.17, 15) is 8.42 Å². The summed E-state index contributed by atoms with van der Waals surface area (Å²) in [6, 6.07) is 6.47. The minimum Gasteiger partial charge on any atom is -0.491 e. The molecule has 2 rings (SSSR count). The predicted octanol–water partition coefficient (Wildman–Crippen LogP) is 1.20. The summed E-state index contributed by atoms with van der Waals surface area (Å²) in [5.74, 6) is 0.673. The van der Waals surface area contributed by atoms with E-state index in [-0.39, 0.29) is 17.0 Å². The summed E-state index contributed by atoms with van der Waals surface area (Å²) < 4.78 is 31.6. The van der Waals surface area contributed by atoms with Crippen LogP contribution in [-0.2, 0) is 10.0 Å². The molecule has 1 aliphatic heterocycles. The van der Waals surface area contributed by atoms with Crippen LogP contribution in [0.25, 0.3) is 0 Å². The molecule has 19 heavy (non-hydrogen) atoms. The number of hydrogen-bond acceptors (Lipinski definition) is 4. The molecule has 0 bridgehead atoms. The Hall–Kier alpha value is -1.11. The first-order valence-corrected chi connectivity index (χ1v) is 7.86. The zero-order chi connectivity index (χ0) is 14.0. The Balaban J connectivity index is 2.17. The average Bonchev–Trinajstić information content (AvgIpc) is 2.76. The van der Waals surface area contributed by atoms with Crippen LogP contribution in [0.4, 0.5) is 0 Å². The molecule has 0 unspecified atom stereocenters. The molecule has 5 nitrogen and oxygen atoms in total. The first-order valence-electron chi connectivity index (χ1n) is 6.42. The van der Waals surface area contributed by atoms with E-state index in [1.165, 1.54) is 4.31 Å². The van der Waals surface area contributed by atoms with Gasteiger partial charge in [-0.2, -0.15) is 4.31 Å². The summed E-state index contributed by atoms with van der Waals surface area (Å²) in [5.41, 5.74) is 5.75. The number of ether oxygens (including phenoxy) is 1. The minimum atomic E-state index is -3.42. The van der Waals surface area contributed by atoms with Crippen molar-refractivity contribution in [2.75, 3.05) is 13.1 Å². The number of nitrogens with zero attached hydrogens (tertiary/aromatic N) is 1. The van der Waals surface area contributed by atoms with Crippen LogP contribution in [0, 0.1) is 0 Å². The number of hydrogen-bond donors (Lipinski definition) is 1. The third-order valence-electron chi connectivity index (χ3n) is 3.02. The number of rotatable bonds is 4. The second-order valence-electron chi connectivity index (χ2n) is 5.05. The van der Waals surface area contributed by atoms with Crippen molar-refractivity contribution in [3.05, 3.63) is 24.3 Å². The molecule has 1 fully saturated rings. The van der Waals surface area contributed by atoms with Crippen LogP contribution in [0.1, 0.15) is 20.3 Å². The highest BCUT2D eigenvalue weighted by Crippen LogP contribution is 2.23. The Morgan fingerprint density at radius 1 is 1.32 bits per heavy atom. The van der Waals surface area contributed by atoms with Crippen LogP contribution in [-0.4, -0.2) is 38.0 Å². The molecule has 0 aromatic heterocycles. The van der Waals surface area contributed by atoms with E-state index in [2.05, 4.69) is 0 Å². The summed E-state index contributed by atoms with van der Waals surface area (Å²) in [6.07, 6.45) is 0.785. The van der Waals surface area contributed by atoms with E-state index < -0.39 is 10.0 Å². The molecule has 106 valence electrons. The molecule has 0 spiro atoms. The van der Waals surface area contributed by atoms with E-state index in [4.69, 9.17) is 10.5 Å². The highest BCUT2D eigenvalue weighted by molar-refractivity contribution is 7.89. The molecule has 1 atom stereocenters. The zero-order valence-electron chi connectivity index (χ0n) is 11.2. The van der Waals surface area contributed by atoms with Crippen molar-refractivity contribution in [2.45, 2.75) is 37.3 Å². The maximum Gasteiger partial charge on any atom is 0.243 e. The second-order valence-corrected chi connectivity index (χ2v) is 6.99. The lowest BCUT2D eigenvalue weighted by molar-refractivity contribution is 0.242. The fourth-order valence-electron chi connectivity index (χ4n) is 2.08. The SMILES string of the molecule is CC(C)Oc1ccc(S(=O)(=O)N2CC[C@H](N)C2)cc1. The third-order valence-corrected chi connectivity index (χ3v) is 4.90. The largest absolute Gasteiger partial charge is 0.491 e. The van der Waals surface area contributed by atoms with Crippen LogP contribution >= 0.6 is 0 Å². The molecule has 2 N–H and O–H groups in total. The van der Waals surface area contributed by atoms with E-state index >= 15 is 0 Å². The summed E-state index contributed by atoms with van der Waals surface area (Å²) in [6.45, 7) is 4.74. The van der Waals surface area contributed by atoms with Gasteiger partial charge < -0.3 is 10.5 Å². The zero-order valence-corrected chi connectivity index (χ0v) is 12.1. The summed E-state index contributed by atoms with van der Waals surface area (Å²) in [4.78, 5) is 0.290. The monoisotopic (exact) mass is 284 g/mol. The lowest BCUT2D eigenvalue weighted by Gasteiger charge is -2.16. The quantitative estimate of drug-likeness (QED) is 0.901. The van der Waals surface area contributed by atoms with Crippen LogP contribution < -0.4 is 10.5 Å². The lowest BCUT2D eigenvalue weighted by atomic mass is 10.3. The average molecular weight is 284 g/mol. The summed E-state index contributed by atoms with van der Waals surface area (Å²) in [5, 5.41) is 0. The van der Waals surface area contributed by atoms with Gasteiger partial charge in [-0.05, 0) is 44.5 Å². The third kappa shape index (κ3) is 3.26. The lowest BCUT2D eigenvalue weighted by Crippen LogP contribution is -2.31. The van der Waals surface area contributed by atoms with E-state index in [0.717, 1.165) is 0 Å². The molecule has 6 heteroatoms. The maximum atomic E-state index is 12.3. The van der Waals surface area contributed by atoms with Crippen LogP contribution in [0.5, 0.6) is 5.75 Å². The summed E-state index contributed by atoms with van der Waals surface area (Å²) in [7, 11) is -3.42. The fraction of sp³-hybridized carbons (Fsp3) is 0.538. The minimum absolute atomic E-state index is 0.0571. The second kappa shape index (κ2) is 5.48. The molecule has 1 aliphatic rings. The van der Waals surface area contributed by atoms with Gasteiger partial charge in [-0.25, -0.2) is 8.42 Å². The van der Waals surface area contributed by atoms with Crippen molar-refractivity contribution in [2.24, 2.45) is 5.73 Å². The van der Waals surface area contributed by atoms with Gasteiger partial charge >= 0.3 is 0 Å². The molecule has 0 radical (unpaired) electrons. The Bertz CT molecular complexity index is 525. The number of sulfonamides is 1. The van der Waals surface area contributed by atoms with Gasteiger partial charge in [0.2, 0.25) is 10.0 Å². The van der Waals surface area contributed by atoms with Crippen molar-refractivity contribution in [1.29, 1.82) is 0 Å². The molecule has 1 heterocycles. The number of benzene rings is 1. The Kier molecular flexibility index (Phi) is 4.13. The Labute approximate surface area is 114 Å². The molecular weight excluding hydrogens is 264 g/mol. The van der Waals surface area contributed by atoms with Crippen molar-refractivity contribution in [3.63, 3.8) is 0 Å². The smallest absolute Gasteiger partial charge is 0.243 e. The Morgan fingerprint density at radius 2 is 1.95 bits per heavy atom. The van der Waals surface area contributed by atoms with Crippen LogP contribution in [0.15, 0.2) is 29.2 Å². The maximum absolute atomic E-state index is 12.3. The Morgan fingerprint density at radius 3 is 2.42 bits per heavy atom. The van der Waals surface area contributed by atoms with Crippen molar-refractivity contribution in [1.82, 2.24) is 4.31 Å². The first-order chi connectivity index (χ1) is 8.89. The van der Waals surface area contributed by atoms with E-state index in [0.29, 0.717) is 25.3 Å². The predicted molar refractivity (Wildman–Crippen MR) is 73.6 cm³/mol. The van der Waals surface area contributed by atoms with Gasteiger partial charge in [-0.1, -0.05) is 0 Å². The standard InChI is InChI=1S/C13H20N2O3S/c1-10(2)18-12-3-5-13(6-4-12)19(16,17)15-8-7-11(14)9-15/h3-6,10-11H,7-9,14H2,1-2H3/t11-/m0/s1. The van der Waals surface area contributed by atoms with Gasteiger partial charge in [-0.3, -0.25) is 0 Å². The van der Waals surface area contributed by atoms with E-state index in [1.54, 1.807) is 24.3 Å². The van der Waals surface area contributed by atoms with Gasteiger partial charge in [0.15, 0.2) is 0 Å². The van der Waals surface area contributed by atoms with Gasteiger partial charge in [-0.15, -0.1) is 0 Å². The van der Waals surface area contributed by atoms with E-state index in [1.807, 2.05) is 13.8 Å². The molecule has 0 saturated carbocycles. The van der Waals surface area contributed by atoms with Gasteiger partial charge in [0, 0.05) is 19.1 Å². The van der Waals surface area contributed by atoms with Gasteiger partial charge in [0.25, 0.3) is 0 Å². The molecule has 0 amide bonds. The highest BCUT2D eigenvalue weighted by Gasteiger charge is 2.30. The summed E-state index contributed by atoms with van der Waals surface area (Å²) >= 11 is 0. The van der Waals surface area contributed by atoms with Crippen molar-refractivity contribution >= 4 is 10.0 Å². The van der Waals surface area contributed by atoms with Gasteiger partial charge in [0.05, 0.1) is 11.0 Å². The van der Waals surface area contributed by atoms with Crippen LogP contribution in [0.3, 0.4) is 0 Å². The normalized spacial score (nSPS) is 20.9. The van der Waals surface area contributed by atoms with Crippen molar-refractivity contribution in [3.8, 4) is 5.75 Å². The molecular formula is C13H20N2O3S. The highest BCUT2D eigenvalue weighted by atomic mass is 32.2. The molecule has 1 aromatic carbocycles. The first kappa shape index (κ1) is 14.3. The molecule has 1 saturated heterocycles. The fourth-order valence-corrected chi connectivity index (χ4v) is 3.60. The number of nitrogens with two attached hydrogens (primary N) is 1.